The van der Waals surface area contributed by atoms with Crippen molar-refractivity contribution in [3.05, 3.63) is 66.2 Å². The van der Waals surface area contributed by atoms with E-state index in [2.05, 4.69) is 10.3 Å². The molecular weight excluding hydrogens is 276 g/mol. The van der Waals surface area contributed by atoms with E-state index >= 15 is 0 Å². The number of amides is 1. The van der Waals surface area contributed by atoms with Crippen LogP contribution in [0.2, 0.25) is 0 Å². The summed E-state index contributed by atoms with van der Waals surface area (Å²) < 4.78 is 5.31. The Kier molecular flexibility index (Phi) is 4.19. The van der Waals surface area contributed by atoms with E-state index in [9.17, 15) is 4.79 Å². The molecule has 1 aromatic carbocycles. The molecule has 1 N–H and O–H groups in total. The van der Waals surface area contributed by atoms with Crippen molar-refractivity contribution in [2.24, 2.45) is 0 Å². The molecule has 1 atom stereocenters. The van der Waals surface area contributed by atoms with Gasteiger partial charge in [0.25, 0.3) is 5.91 Å². The Labute approximate surface area is 129 Å². The van der Waals surface area contributed by atoms with Crippen LogP contribution in [0.15, 0.2) is 59.3 Å². The number of hydrogen-bond donors (Lipinski definition) is 1. The van der Waals surface area contributed by atoms with Crippen molar-refractivity contribution < 1.29 is 9.21 Å². The van der Waals surface area contributed by atoms with Gasteiger partial charge < -0.3 is 9.73 Å². The van der Waals surface area contributed by atoms with Gasteiger partial charge in [0.05, 0.1) is 17.3 Å². The van der Waals surface area contributed by atoms with Crippen molar-refractivity contribution >= 4 is 16.8 Å². The molecule has 1 unspecified atom stereocenters. The number of carbonyl (C=O) groups is 1. The van der Waals surface area contributed by atoms with Gasteiger partial charge in [-0.3, -0.25) is 9.78 Å². The summed E-state index contributed by atoms with van der Waals surface area (Å²) in [5, 5.41) is 4.00. The zero-order valence-electron chi connectivity index (χ0n) is 12.5. The molecule has 3 rings (SSSR count). The second-order valence-corrected chi connectivity index (χ2v) is 5.37. The third kappa shape index (κ3) is 3.17. The summed E-state index contributed by atoms with van der Waals surface area (Å²) >= 11 is 0. The normalized spacial score (nSPS) is 12.2. The molecule has 0 saturated heterocycles. The number of carbonyl (C=O) groups excluding carboxylic acids is 1. The molecular formula is C18H18N2O2. The number of pyridine rings is 1. The van der Waals surface area contributed by atoms with Crippen LogP contribution in [0.5, 0.6) is 0 Å². The minimum absolute atomic E-state index is 0.0663. The fraction of sp³-hybridized carbons (Fsp3) is 0.222. The van der Waals surface area contributed by atoms with E-state index in [0.717, 1.165) is 29.5 Å². The van der Waals surface area contributed by atoms with Gasteiger partial charge in [-0.25, -0.2) is 0 Å². The van der Waals surface area contributed by atoms with Gasteiger partial charge >= 0.3 is 0 Å². The highest BCUT2D eigenvalue weighted by Crippen LogP contribution is 2.16. The highest BCUT2D eigenvalue weighted by molar-refractivity contribution is 6.05. The topological polar surface area (TPSA) is 55.1 Å². The number of benzene rings is 1. The second-order valence-electron chi connectivity index (χ2n) is 5.37. The van der Waals surface area contributed by atoms with Crippen LogP contribution >= 0.6 is 0 Å². The van der Waals surface area contributed by atoms with E-state index in [1.165, 1.54) is 0 Å². The van der Waals surface area contributed by atoms with E-state index in [1.54, 1.807) is 12.5 Å². The minimum atomic E-state index is -0.0868. The van der Waals surface area contributed by atoms with Gasteiger partial charge in [0.15, 0.2) is 0 Å². The molecule has 0 fully saturated rings. The zero-order chi connectivity index (χ0) is 15.4. The van der Waals surface area contributed by atoms with Gasteiger partial charge in [0.2, 0.25) is 0 Å². The third-order valence-electron chi connectivity index (χ3n) is 3.66. The van der Waals surface area contributed by atoms with E-state index in [4.69, 9.17) is 4.42 Å². The summed E-state index contributed by atoms with van der Waals surface area (Å²) in [6.07, 6.45) is 5.01. The number of aromatic nitrogens is 1. The van der Waals surface area contributed by atoms with Crippen molar-refractivity contribution in [3.8, 4) is 0 Å². The molecule has 0 radical (unpaired) electrons. The van der Waals surface area contributed by atoms with E-state index in [-0.39, 0.29) is 11.9 Å². The Morgan fingerprint density at radius 2 is 2.09 bits per heavy atom. The first-order valence-corrected chi connectivity index (χ1v) is 7.41. The number of nitrogens with zero attached hydrogens (tertiary/aromatic N) is 1. The molecule has 4 nitrogen and oxygen atoms in total. The monoisotopic (exact) mass is 294 g/mol. The van der Waals surface area contributed by atoms with Crippen LogP contribution in [-0.2, 0) is 6.42 Å². The van der Waals surface area contributed by atoms with Gasteiger partial charge in [0.1, 0.15) is 5.76 Å². The number of rotatable bonds is 5. The van der Waals surface area contributed by atoms with Crippen LogP contribution in [0.25, 0.3) is 10.9 Å². The number of para-hydroxylation sites is 1. The Balaban J connectivity index is 1.68. The smallest absolute Gasteiger partial charge is 0.253 e. The Hall–Kier alpha value is -2.62. The number of aryl methyl sites for hydroxylation is 1. The third-order valence-corrected chi connectivity index (χ3v) is 3.66. The lowest BCUT2D eigenvalue weighted by atomic mass is 10.1. The summed E-state index contributed by atoms with van der Waals surface area (Å²) in [5.41, 5.74) is 1.35. The molecule has 0 aliphatic carbocycles. The molecule has 1 amide bonds. The van der Waals surface area contributed by atoms with Crippen molar-refractivity contribution in [2.75, 3.05) is 0 Å². The van der Waals surface area contributed by atoms with Crippen LogP contribution < -0.4 is 5.32 Å². The second kappa shape index (κ2) is 6.43. The molecule has 22 heavy (non-hydrogen) atoms. The first-order chi connectivity index (χ1) is 10.7. The fourth-order valence-corrected chi connectivity index (χ4v) is 2.47. The van der Waals surface area contributed by atoms with E-state index < -0.39 is 0 Å². The molecule has 3 aromatic rings. The fourth-order valence-electron chi connectivity index (χ4n) is 2.47. The Morgan fingerprint density at radius 3 is 2.91 bits per heavy atom. The van der Waals surface area contributed by atoms with Gasteiger partial charge in [-0.15, -0.1) is 0 Å². The summed E-state index contributed by atoms with van der Waals surface area (Å²) in [4.78, 5) is 16.8. The standard InChI is InChI=1S/C18H18N2O2/c1-13(9-10-15-7-4-12-22-15)20-18(21)16-8-2-5-14-6-3-11-19-17(14)16/h2-8,11-13H,9-10H2,1H3,(H,20,21). The molecule has 2 aromatic heterocycles. The largest absolute Gasteiger partial charge is 0.469 e. The van der Waals surface area contributed by atoms with E-state index in [1.807, 2.05) is 49.4 Å². The van der Waals surface area contributed by atoms with Crippen LogP contribution in [0.4, 0.5) is 0 Å². The summed E-state index contributed by atoms with van der Waals surface area (Å²) in [5.74, 6) is 0.851. The van der Waals surface area contributed by atoms with Gasteiger partial charge in [0, 0.05) is 24.0 Å². The number of furan rings is 1. The average Bonchev–Trinajstić information content (AvgIpc) is 3.06. The maximum absolute atomic E-state index is 12.5. The first kappa shape index (κ1) is 14.3. The lowest BCUT2D eigenvalue weighted by Crippen LogP contribution is -2.33. The summed E-state index contributed by atoms with van der Waals surface area (Å²) in [6, 6.07) is 13.4. The minimum Gasteiger partial charge on any atom is -0.469 e. The molecule has 2 heterocycles. The van der Waals surface area contributed by atoms with Crippen LogP contribution in [0, 0.1) is 0 Å². The first-order valence-electron chi connectivity index (χ1n) is 7.41. The van der Waals surface area contributed by atoms with Crippen LogP contribution in [0.3, 0.4) is 0 Å². The molecule has 0 spiro atoms. The van der Waals surface area contributed by atoms with Crippen LogP contribution in [0.1, 0.15) is 29.5 Å². The SMILES string of the molecule is CC(CCc1ccco1)NC(=O)c1cccc2cccnc12. The molecule has 0 aliphatic heterocycles. The summed E-state index contributed by atoms with van der Waals surface area (Å²) in [7, 11) is 0. The van der Waals surface area contributed by atoms with Crippen molar-refractivity contribution in [3.63, 3.8) is 0 Å². The Bertz CT molecular complexity index is 760. The molecule has 112 valence electrons. The highest BCUT2D eigenvalue weighted by atomic mass is 16.3. The van der Waals surface area contributed by atoms with Crippen LogP contribution in [-0.4, -0.2) is 16.9 Å². The van der Waals surface area contributed by atoms with Crippen molar-refractivity contribution in [2.45, 2.75) is 25.8 Å². The maximum atomic E-state index is 12.5. The average molecular weight is 294 g/mol. The number of hydrogen-bond acceptors (Lipinski definition) is 3. The number of fused-ring (bicyclic) bond motifs is 1. The molecule has 0 aliphatic rings. The van der Waals surface area contributed by atoms with Crippen molar-refractivity contribution in [1.29, 1.82) is 0 Å². The lowest BCUT2D eigenvalue weighted by molar-refractivity contribution is 0.0939. The molecule has 0 saturated carbocycles. The van der Waals surface area contributed by atoms with Gasteiger partial charge in [-0.05, 0) is 37.6 Å². The molecule has 4 heteroatoms. The van der Waals surface area contributed by atoms with Gasteiger partial charge in [-0.1, -0.05) is 18.2 Å². The summed E-state index contributed by atoms with van der Waals surface area (Å²) in [6.45, 7) is 2.00. The predicted octanol–water partition coefficient (Wildman–Crippen LogP) is 3.58. The lowest BCUT2D eigenvalue weighted by Gasteiger charge is -2.14. The number of nitrogens with one attached hydrogen (secondary N) is 1. The van der Waals surface area contributed by atoms with Crippen molar-refractivity contribution in [1.82, 2.24) is 10.3 Å². The predicted molar refractivity (Wildman–Crippen MR) is 85.7 cm³/mol. The zero-order valence-corrected chi connectivity index (χ0v) is 12.5. The quantitative estimate of drug-likeness (QED) is 0.782. The Morgan fingerprint density at radius 1 is 1.23 bits per heavy atom. The maximum Gasteiger partial charge on any atom is 0.253 e. The molecule has 0 bridgehead atoms. The van der Waals surface area contributed by atoms with E-state index in [0.29, 0.717) is 5.56 Å². The highest BCUT2D eigenvalue weighted by Gasteiger charge is 2.13. The van der Waals surface area contributed by atoms with Gasteiger partial charge in [-0.2, -0.15) is 0 Å².